The predicted octanol–water partition coefficient (Wildman–Crippen LogP) is 4.18. The van der Waals surface area contributed by atoms with E-state index in [2.05, 4.69) is 5.32 Å². The van der Waals surface area contributed by atoms with Crippen molar-refractivity contribution in [2.45, 2.75) is 45.5 Å². The first-order valence-electron chi connectivity index (χ1n) is 8.59. The summed E-state index contributed by atoms with van der Waals surface area (Å²) in [4.78, 5) is 27.6. The molecule has 1 unspecified atom stereocenters. The second kappa shape index (κ2) is 7.66. The molecule has 3 amide bonds. The second-order valence-electron chi connectivity index (χ2n) is 7.47. The highest BCUT2D eigenvalue weighted by atomic mass is 19.4. The summed E-state index contributed by atoms with van der Waals surface area (Å²) in [6, 6.07) is 3.57. The van der Waals surface area contributed by atoms with Crippen LogP contribution >= 0.6 is 0 Å². The summed E-state index contributed by atoms with van der Waals surface area (Å²) >= 11 is 0. The van der Waals surface area contributed by atoms with Gasteiger partial charge in [0.05, 0.1) is 5.56 Å². The van der Waals surface area contributed by atoms with Crippen LogP contribution in [0, 0.1) is 0 Å². The summed E-state index contributed by atoms with van der Waals surface area (Å²) in [6.07, 6.45) is -4.85. The molecule has 6 nitrogen and oxygen atoms in total. The van der Waals surface area contributed by atoms with Gasteiger partial charge in [0, 0.05) is 31.4 Å². The minimum Gasteiger partial charge on any atom is -0.444 e. The van der Waals surface area contributed by atoms with Gasteiger partial charge in [0.15, 0.2) is 0 Å². The Balaban J connectivity index is 1.94. The van der Waals surface area contributed by atoms with E-state index in [9.17, 15) is 22.8 Å². The van der Waals surface area contributed by atoms with Crippen molar-refractivity contribution in [2.75, 3.05) is 25.0 Å². The number of anilines is 1. The summed E-state index contributed by atoms with van der Waals surface area (Å²) in [5.74, 6) is 0. The lowest BCUT2D eigenvalue weighted by molar-refractivity contribution is -0.137. The van der Waals surface area contributed by atoms with Crippen molar-refractivity contribution < 1.29 is 27.5 Å². The maximum Gasteiger partial charge on any atom is 0.416 e. The number of urea groups is 1. The van der Waals surface area contributed by atoms with Gasteiger partial charge in [-0.3, -0.25) is 0 Å². The van der Waals surface area contributed by atoms with Crippen molar-refractivity contribution in [1.82, 2.24) is 9.80 Å². The molecule has 0 saturated carbocycles. The van der Waals surface area contributed by atoms with E-state index in [0.717, 1.165) is 12.1 Å². The molecule has 9 heteroatoms. The third kappa shape index (κ3) is 5.77. The van der Waals surface area contributed by atoms with Crippen molar-refractivity contribution in [3.63, 3.8) is 0 Å². The Morgan fingerprint density at radius 1 is 1.11 bits per heavy atom. The molecule has 0 bridgehead atoms. The number of nitrogens with one attached hydrogen (secondary N) is 1. The van der Waals surface area contributed by atoms with Gasteiger partial charge in [0.2, 0.25) is 0 Å². The number of alkyl halides is 3. The number of benzene rings is 1. The Bertz CT molecular complexity index is 684. The van der Waals surface area contributed by atoms with Crippen LogP contribution in [0.4, 0.5) is 28.4 Å². The molecule has 0 aliphatic carbocycles. The van der Waals surface area contributed by atoms with Gasteiger partial charge in [0.1, 0.15) is 5.60 Å². The molecule has 1 fully saturated rings. The topological polar surface area (TPSA) is 61.9 Å². The molecule has 2 rings (SSSR count). The van der Waals surface area contributed by atoms with Crippen LogP contribution in [0.3, 0.4) is 0 Å². The van der Waals surface area contributed by atoms with Gasteiger partial charge in [-0.2, -0.15) is 13.2 Å². The quantitative estimate of drug-likeness (QED) is 0.786. The van der Waals surface area contributed by atoms with Gasteiger partial charge >= 0.3 is 18.3 Å². The van der Waals surface area contributed by atoms with Gasteiger partial charge in [0.25, 0.3) is 0 Å². The number of nitrogens with zero attached hydrogens (tertiary/aromatic N) is 2. The third-order valence-corrected chi connectivity index (χ3v) is 4.00. The molecule has 0 radical (unpaired) electrons. The van der Waals surface area contributed by atoms with E-state index in [1.54, 1.807) is 32.6 Å². The smallest absolute Gasteiger partial charge is 0.416 e. The maximum atomic E-state index is 12.6. The zero-order chi connectivity index (χ0) is 20.4. The first kappa shape index (κ1) is 20.9. The molecular formula is C18H24F3N3O3. The lowest BCUT2D eigenvalue weighted by Gasteiger charge is -2.40. The normalized spacial score (nSPS) is 18.3. The Morgan fingerprint density at radius 2 is 1.70 bits per heavy atom. The summed E-state index contributed by atoms with van der Waals surface area (Å²) in [5, 5.41) is 2.59. The lowest BCUT2D eigenvalue weighted by Crippen LogP contribution is -2.57. The van der Waals surface area contributed by atoms with Crippen molar-refractivity contribution in [3.05, 3.63) is 29.8 Å². The van der Waals surface area contributed by atoms with E-state index in [0.29, 0.717) is 19.6 Å². The fraction of sp³-hybridized carbons (Fsp3) is 0.556. The lowest BCUT2D eigenvalue weighted by atomic mass is 10.2. The molecule has 1 aromatic carbocycles. The first-order valence-corrected chi connectivity index (χ1v) is 8.59. The minimum absolute atomic E-state index is 0.263. The predicted molar refractivity (Wildman–Crippen MR) is 94.4 cm³/mol. The molecule has 1 heterocycles. The molecule has 1 atom stereocenters. The summed E-state index contributed by atoms with van der Waals surface area (Å²) in [5.41, 5.74) is -1.10. The molecule has 1 saturated heterocycles. The van der Waals surface area contributed by atoms with E-state index in [1.807, 2.05) is 0 Å². The van der Waals surface area contributed by atoms with E-state index < -0.39 is 29.5 Å². The highest BCUT2D eigenvalue weighted by molar-refractivity contribution is 5.89. The number of carbonyl (C=O) groups is 2. The van der Waals surface area contributed by atoms with Gasteiger partial charge in [-0.25, -0.2) is 9.59 Å². The van der Waals surface area contributed by atoms with E-state index >= 15 is 0 Å². The average molecular weight is 387 g/mol. The third-order valence-electron chi connectivity index (χ3n) is 4.00. The van der Waals surface area contributed by atoms with Crippen molar-refractivity contribution >= 4 is 17.8 Å². The highest BCUT2D eigenvalue weighted by Gasteiger charge is 2.33. The zero-order valence-corrected chi connectivity index (χ0v) is 15.8. The fourth-order valence-corrected chi connectivity index (χ4v) is 2.69. The highest BCUT2D eigenvalue weighted by Crippen LogP contribution is 2.30. The number of halogens is 3. The van der Waals surface area contributed by atoms with E-state index in [-0.39, 0.29) is 11.7 Å². The summed E-state index contributed by atoms with van der Waals surface area (Å²) in [7, 11) is 0. The Morgan fingerprint density at radius 3 is 2.19 bits per heavy atom. The molecule has 1 aromatic rings. The number of hydrogen-bond donors (Lipinski definition) is 1. The zero-order valence-electron chi connectivity index (χ0n) is 15.8. The standard InChI is InChI=1S/C18H24F3N3O3/c1-12-11-23(16(26)27-17(2,3)4)9-10-24(12)15(25)22-14-7-5-13(6-8-14)18(19,20)21/h5-8,12H,9-11H2,1-4H3,(H,22,25). The van der Waals surface area contributed by atoms with Gasteiger partial charge < -0.3 is 19.9 Å². The number of amides is 3. The summed E-state index contributed by atoms with van der Waals surface area (Å²) in [6.45, 7) is 8.07. The number of hydrogen-bond acceptors (Lipinski definition) is 3. The van der Waals surface area contributed by atoms with Gasteiger partial charge in [-0.15, -0.1) is 0 Å². The van der Waals surface area contributed by atoms with Crippen LogP contribution in [0.2, 0.25) is 0 Å². The SMILES string of the molecule is CC1CN(C(=O)OC(C)(C)C)CCN1C(=O)Nc1ccc(C(F)(F)F)cc1. The van der Waals surface area contributed by atoms with Gasteiger partial charge in [-0.05, 0) is 52.0 Å². The van der Waals surface area contributed by atoms with Crippen molar-refractivity contribution in [2.24, 2.45) is 0 Å². The van der Waals surface area contributed by atoms with Crippen LogP contribution < -0.4 is 5.32 Å². The molecular weight excluding hydrogens is 363 g/mol. The number of rotatable bonds is 1. The first-order chi connectivity index (χ1) is 12.4. The maximum absolute atomic E-state index is 12.6. The molecule has 150 valence electrons. The van der Waals surface area contributed by atoms with E-state index in [1.165, 1.54) is 17.0 Å². The van der Waals surface area contributed by atoms with E-state index in [4.69, 9.17) is 4.74 Å². The molecule has 0 spiro atoms. The largest absolute Gasteiger partial charge is 0.444 e. The molecule has 27 heavy (non-hydrogen) atoms. The van der Waals surface area contributed by atoms with Crippen LogP contribution in [0.1, 0.15) is 33.3 Å². The minimum atomic E-state index is -4.42. The van der Waals surface area contributed by atoms with Crippen molar-refractivity contribution in [1.29, 1.82) is 0 Å². The number of ether oxygens (including phenoxy) is 1. The van der Waals surface area contributed by atoms with Crippen LogP contribution in [0.5, 0.6) is 0 Å². The average Bonchev–Trinajstić information content (AvgIpc) is 2.52. The van der Waals surface area contributed by atoms with Crippen LogP contribution in [-0.2, 0) is 10.9 Å². The number of piperazine rings is 1. The van der Waals surface area contributed by atoms with Crippen LogP contribution in [0.25, 0.3) is 0 Å². The second-order valence-corrected chi connectivity index (χ2v) is 7.47. The van der Waals surface area contributed by atoms with Crippen LogP contribution in [0.15, 0.2) is 24.3 Å². The Kier molecular flexibility index (Phi) is 5.91. The Labute approximate surface area is 156 Å². The van der Waals surface area contributed by atoms with Crippen molar-refractivity contribution in [3.8, 4) is 0 Å². The molecule has 0 aromatic heterocycles. The molecule has 1 N–H and O–H groups in total. The van der Waals surface area contributed by atoms with Gasteiger partial charge in [-0.1, -0.05) is 0 Å². The Hall–Kier alpha value is -2.45. The fourth-order valence-electron chi connectivity index (χ4n) is 2.69. The summed E-state index contributed by atoms with van der Waals surface area (Å²) < 4.78 is 43.1. The monoisotopic (exact) mass is 387 g/mol. The molecule has 1 aliphatic rings. The molecule has 1 aliphatic heterocycles. The van der Waals surface area contributed by atoms with Crippen LogP contribution in [-0.4, -0.2) is 53.2 Å². The number of carbonyl (C=O) groups excluding carboxylic acids is 2.